The number of nitrogens with zero attached hydrogens (tertiary/aromatic N) is 1. The highest BCUT2D eigenvalue weighted by Gasteiger charge is 2.25. The predicted octanol–water partition coefficient (Wildman–Crippen LogP) is 3.29. The molecule has 0 aliphatic carbocycles. The van der Waals surface area contributed by atoms with Gasteiger partial charge in [0.2, 0.25) is 5.91 Å². The summed E-state index contributed by atoms with van der Waals surface area (Å²) in [6.07, 6.45) is 5.50. The summed E-state index contributed by atoms with van der Waals surface area (Å²) in [7, 11) is 1.62. The molecule has 136 valence electrons. The molecular formula is C20H27NO4. The van der Waals surface area contributed by atoms with Crippen molar-refractivity contribution in [3.8, 4) is 5.75 Å². The van der Waals surface area contributed by atoms with Crippen molar-refractivity contribution in [1.29, 1.82) is 0 Å². The van der Waals surface area contributed by atoms with Crippen molar-refractivity contribution in [3.05, 3.63) is 35.9 Å². The number of hydrogen-bond acceptors (Lipinski definition) is 4. The Bertz CT molecular complexity index is 601. The summed E-state index contributed by atoms with van der Waals surface area (Å²) in [5, 5.41) is 0. The van der Waals surface area contributed by atoms with Crippen molar-refractivity contribution in [2.45, 2.75) is 39.2 Å². The first-order chi connectivity index (χ1) is 12.0. The van der Waals surface area contributed by atoms with Crippen LogP contribution in [0, 0.1) is 5.92 Å². The topological polar surface area (TPSA) is 55.8 Å². The number of hydrogen-bond donors (Lipinski definition) is 0. The Balaban J connectivity index is 1.80. The van der Waals surface area contributed by atoms with Crippen LogP contribution in [0.15, 0.2) is 30.3 Å². The highest BCUT2D eigenvalue weighted by molar-refractivity contribution is 5.91. The lowest BCUT2D eigenvalue weighted by Crippen LogP contribution is -2.41. The molecule has 5 heteroatoms. The molecule has 0 saturated carbocycles. The summed E-state index contributed by atoms with van der Waals surface area (Å²) < 4.78 is 10.6. The van der Waals surface area contributed by atoms with E-state index in [2.05, 4.69) is 0 Å². The number of esters is 1. The van der Waals surface area contributed by atoms with Crippen molar-refractivity contribution in [2.24, 2.45) is 5.92 Å². The molecule has 1 unspecified atom stereocenters. The molecule has 0 N–H and O–H groups in total. The summed E-state index contributed by atoms with van der Waals surface area (Å²) in [6, 6.07) is 7.54. The lowest BCUT2D eigenvalue weighted by atomic mass is 10.1. The van der Waals surface area contributed by atoms with Crippen molar-refractivity contribution in [1.82, 2.24) is 4.90 Å². The van der Waals surface area contributed by atoms with E-state index in [9.17, 15) is 9.59 Å². The Morgan fingerprint density at radius 1 is 1.24 bits per heavy atom. The third-order valence-corrected chi connectivity index (χ3v) is 4.59. The predicted molar refractivity (Wildman–Crippen MR) is 97.2 cm³/mol. The molecule has 1 fully saturated rings. The van der Waals surface area contributed by atoms with E-state index in [4.69, 9.17) is 9.47 Å². The molecule has 1 saturated heterocycles. The molecule has 1 aliphatic rings. The number of benzene rings is 1. The fraction of sp³-hybridized carbons (Fsp3) is 0.500. The quantitative estimate of drug-likeness (QED) is 0.586. The Kier molecular flexibility index (Phi) is 7.04. The minimum Gasteiger partial charge on any atom is -0.497 e. The molecule has 1 aromatic rings. The van der Waals surface area contributed by atoms with Gasteiger partial charge in [-0.3, -0.25) is 9.59 Å². The van der Waals surface area contributed by atoms with Crippen molar-refractivity contribution >= 4 is 18.0 Å². The third kappa shape index (κ3) is 5.62. The van der Waals surface area contributed by atoms with Gasteiger partial charge in [0.05, 0.1) is 13.0 Å². The smallest absolute Gasteiger partial charge is 0.308 e. The number of carbonyl (C=O) groups excluding carboxylic acids is 2. The Hall–Kier alpha value is -2.30. The van der Waals surface area contributed by atoms with Crippen LogP contribution in [-0.4, -0.2) is 43.1 Å². The second kappa shape index (κ2) is 9.25. The second-order valence-electron chi connectivity index (χ2n) is 6.38. The summed E-state index contributed by atoms with van der Waals surface area (Å²) in [4.78, 5) is 25.9. The number of ether oxygens (including phenoxy) is 2. The highest BCUT2D eigenvalue weighted by atomic mass is 16.5. The summed E-state index contributed by atoms with van der Waals surface area (Å²) in [6.45, 7) is 5.09. The van der Waals surface area contributed by atoms with Crippen LogP contribution in [0.2, 0.25) is 0 Å². The van der Waals surface area contributed by atoms with Crippen LogP contribution < -0.4 is 4.74 Å². The number of rotatable bonds is 6. The molecule has 0 bridgehead atoms. The number of amides is 1. The van der Waals surface area contributed by atoms with E-state index in [1.807, 2.05) is 38.1 Å². The van der Waals surface area contributed by atoms with Gasteiger partial charge in [-0.25, -0.2) is 0 Å². The van der Waals surface area contributed by atoms with E-state index in [1.54, 1.807) is 24.2 Å². The Morgan fingerprint density at radius 3 is 2.44 bits per heavy atom. The van der Waals surface area contributed by atoms with Crippen LogP contribution in [0.4, 0.5) is 0 Å². The van der Waals surface area contributed by atoms with Crippen LogP contribution in [0.5, 0.6) is 5.75 Å². The molecule has 1 atom stereocenters. The number of likely N-dealkylation sites (tertiary alicyclic amines) is 1. The fourth-order valence-electron chi connectivity index (χ4n) is 2.63. The van der Waals surface area contributed by atoms with Gasteiger partial charge in [0.25, 0.3) is 0 Å². The summed E-state index contributed by atoms with van der Waals surface area (Å²) in [5.41, 5.74) is 0.950. The van der Waals surface area contributed by atoms with Crippen LogP contribution >= 0.6 is 0 Å². The van der Waals surface area contributed by atoms with E-state index in [1.165, 1.54) is 0 Å². The molecule has 5 nitrogen and oxygen atoms in total. The lowest BCUT2D eigenvalue weighted by Gasteiger charge is -2.31. The van der Waals surface area contributed by atoms with Gasteiger partial charge in [0.15, 0.2) is 0 Å². The Morgan fingerprint density at radius 2 is 1.88 bits per heavy atom. The molecular weight excluding hydrogens is 318 g/mol. The normalized spacial score (nSPS) is 16.7. The van der Waals surface area contributed by atoms with Gasteiger partial charge in [-0.2, -0.15) is 0 Å². The van der Waals surface area contributed by atoms with E-state index in [-0.39, 0.29) is 23.9 Å². The van der Waals surface area contributed by atoms with E-state index in [0.717, 1.165) is 17.7 Å². The van der Waals surface area contributed by atoms with Crippen LogP contribution in [0.1, 0.15) is 38.7 Å². The van der Waals surface area contributed by atoms with Gasteiger partial charge in [0, 0.05) is 32.0 Å². The molecule has 0 aromatic heterocycles. The number of carbonyl (C=O) groups is 2. The first-order valence-electron chi connectivity index (χ1n) is 8.85. The summed E-state index contributed by atoms with van der Waals surface area (Å²) >= 11 is 0. The van der Waals surface area contributed by atoms with Gasteiger partial charge < -0.3 is 14.4 Å². The van der Waals surface area contributed by atoms with Crippen LogP contribution in [0.25, 0.3) is 6.08 Å². The largest absolute Gasteiger partial charge is 0.497 e. The van der Waals surface area contributed by atoms with Gasteiger partial charge in [-0.15, -0.1) is 0 Å². The molecule has 25 heavy (non-hydrogen) atoms. The van der Waals surface area contributed by atoms with Gasteiger partial charge in [0.1, 0.15) is 11.9 Å². The zero-order valence-corrected chi connectivity index (χ0v) is 15.2. The average molecular weight is 345 g/mol. The molecule has 1 aromatic carbocycles. The second-order valence-corrected chi connectivity index (χ2v) is 6.38. The maximum absolute atomic E-state index is 12.3. The van der Waals surface area contributed by atoms with Gasteiger partial charge in [-0.05, 0) is 30.2 Å². The maximum atomic E-state index is 12.3. The minimum absolute atomic E-state index is 0.0116. The van der Waals surface area contributed by atoms with Crippen LogP contribution in [0.3, 0.4) is 0 Å². The molecule has 0 radical (unpaired) electrons. The Labute approximate surface area is 149 Å². The standard InChI is InChI=1S/C20H27NO4/c1-4-15(2)20(23)25-18-11-13-21(14-12-18)19(22)10-7-16-5-8-17(24-3)9-6-16/h5-10,15,18H,4,11-14H2,1-3H3/b10-7+. The van der Waals surface area contributed by atoms with Crippen molar-refractivity contribution in [3.63, 3.8) is 0 Å². The van der Waals surface area contributed by atoms with Gasteiger partial charge in [-0.1, -0.05) is 26.0 Å². The monoisotopic (exact) mass is 345 g/mol. The first kappa shape index (κ1) is 19.0. The van der Waals surface area contributed by atoms with Crippen molar-refractivity contribution in [2.75, 3.05) is 20.2 Å². The molecule has 2 rings (SSSR count). The number of methoxy groups -OCH3 is 1. The molecule has 0 spiro atoms. The first-order valence-corrected chi connectivity index (χ1v) is 8.85. The van der Waals surface area contributed by atoms with E-state index < -0.39 is 0 Å². The van der Waals surface area contributed by atoms with E-state index >= 15 is 0 Å². The minimum atomic E-state index is -0.133. The van der Waals surface area contributed by atoms with Crippen molar-refractivity contribution < 1.29 is 19.1 Å². The zero-order chi connectivity index (χ0) is 18.2. The van der Waals surface area contributed by atoms with E-state index in [0.29, 0.717) is 25.9 Å². The highest BCUT2D eigenvalue weighted by Crippen LogP contribution is 2.17. The third-order valence-electron chi connectivity index (χ3n) is 4.59. The number of piperidine rings is 1. The maximum Gasteiger partial charge on any atom is 0.308 e. The lowest BCUT2D eigenvalue weighted by molar-refractivity contribution is -0.156. The van der Waals surface area contributed by atoms with Crippen LogP contribution in [-0.2, 0) is 14.3 Å². The summed E-state index contributed by atoms with van der Waals surface area (Å²) in [5.74, 6) is 0.582. The SMILES string of the molecule is CCC(C)C(=O)OC1CCN(C(=O)/C=C/c2ccc(OC)cc2)CC1. The average Bonchev–Trinajstić information content (AvgIpc) is 2.66. The molecule has 1 aliphatic heterocycles. The van der Waals surface area contributed by atoms with Gasteiger partial charge >= 0.3 is 5.97 Å². The zero-order valence-electron chi connectivity index (χ0n) is 15.2. The molecule has 1 heterocycles. The fourth-order valence-corrected chi connectivity index (χ4v) is 2.63. The molecule has 1 amide bonds.